The highest BCUT2D eigenvalue weighted by molar-refractivity contribution is 14.0. The number of halogens is 1. The average molecular weight is 471 g/mol. The van der Waals surface area contributed by atoms with Crippen molar-refractivity contribution >= 4 is 29.9 Å². The topological polar surface area (TPSA) is 89.1 Å². The lowest BCUT2D eigenvalue weighted by atomic mass is 10.1. The summed E-state index contributed by atoms with van der Waals surface area (Å²) in [5.41, 5.74) is 7.89. The number of methoxy groups -OCH3 is 2. The van der Waals surface area contributed by atoms with E-state index in [0.717, 1.165) is 11.1 Å². The van der Waals surface area contributed by atoms with E-state index in [0.29, 0.717) is 37.0 Å². The SMILES string of the molecule is COc1ccc(CN=C(N)NCC(O)Cc2ccccc2)cc1OC.I. The molecule has 0 amide bonds. The first-order chi connectivity index (χ1) is 12.1. The first-order valence-corrected chi connectivity index (χ1v) is 8.09. The lowest BCUT2D eigenvalue weighted by Gasteiger charge is -2.12. The normalized spacial score (nSPS) is 12.0. The Morgan fingerprint density at radius 1 is 1.08 bits per heavy atom. The lowest BCUT2D eigenvalue weighted by molar-refractivity contribution is 0.178. The molecule has 0 aliphatic heterocycles. The van der Waals surface area contributed by atoms with Gasteiger partial charge in [0.15, 0.2) is 17.5 Å². The summed E-state index contributed by atoms with van der Waals surface area (Å²) in [5, 5.41) is 13.0. The predicted octanol–water partition coefficient (Wildman–Crippen LogP) is 2.33. The third kappa shape index (κ3) is 7.09. The van der Waals surface area contributed by atoms with Gasteiger partial charge in [0, 0.05) is 13.0 Å². The molecule has 0 aromatic heterocycles. The van der Waals surface area contributed by atoms with Crippen LogP contribution in [0.15, 0.2) is 53.5 Å². The van der Waals surface area contributed by atoms with Crippen LogP contribution < -0.4 is 20.5 Å². The zero-order valence-corrected chi connectivity index (χ0v) is 17.3. The molecule has 0 fully saturated rings. The number of nitrogens with zero attached hydrogens (tertiary/aromatic N) is 1. The molecule has 1 unspecified atom stereocenters. The van der Waals surface area contributed by atoms with E-state index < -0.39 is 6.10 Å². The first kappa shape index (κ1) is 22.0. The Hall–Kier alpha value is -2.00. The Bertz CT molecular complexity index is 696. The molecule has 2 aromatic rings. The molecule has 0 heterocycles. The Morgan fingerprint density at radius 2 is 1.77 bits per heavy atom. The highest BCUT2D eigenvalue weighted by Crippen LogP contribution is 2.27. The van der Waals surface area contributed by atoms with Crippen molar-refractivity contribution in [2.24, 2.45) is 10.7 Å². The number of nitrogens with two attached hydrogens (primary N) is 1. The molecule has 0 spiro atoms. The molecular weight excluding hydrogens is 445 g/mol. The number of aliphatic hydroxyl groups is 1. The predicted molar refractivity (Wildman–Crippen MR) is 114 cm³/mol. The number of nitrogens with one attached hydrogen (secondary N) is 1. The molecule has 0 radical (unpaired) electrons. The van der Waals surface area contributed by atoms with Crippen molar-refractivity contribution in [2.45, 2.75) is 19.1 Å². The van der Waals surface area contributed by atoms with E-state index in [1.165, 1.54) is 0 Å². The maximum absolute atomic E-state index is 10.1. The van der Waals surface area contributed by atoms with E-state index in [2.05, 4.69) is 10.3 Å². The zero-order chi connectivity index (χ0) is 18.1. The van der Waals surface area contributed by atoms with E-state index >= 15 is 0 Å². The fourth-order valence-corrected chi connectivity index (χ4v) is 2.39. The van der Waals surface area contributed by atoms with Gasteiger partial charge in [0.05, 0.1) is 26.9 Å². The Labute approximate surface area is 171 Å². The number of ether oxygens (including phenoxy) is 2. The molecule has 0 bridgehead atoms. The minimum Gasteiger partial charge on any atom is -0.493 e. The van der Waals surface area contributed by atoms with Crippen LogP contribution in [-0.4, -0.2) is 37.9 Å². The molecule has 2 rings (SSSR count). The largest absolute Gasteiger partial charge is 0.493 e. The standard InChI is InChI=1S/C19H25N3O3.HI/c1-24-17-9-8-15(11-18(17)25-2)12-21-19(20)22-13-16(23)10-14-6-4-3-5-7-14;/h3-9,11,16,23H,10,12-13H2,1-2H3,(H3,20,21,22);1H. The fraction of sp³-hybridized carbons (Fsp3) is 0.316. The van der Waals surface area contributed by atoms with Crippen molar-refractivity contribution in [2.75, 3.05) is 20.8 Å². The van der Waals surface area contributed by atoms with Gasteiger partial charge in [0.2, 0.25) is 0 Å². The van der Waals surface area contributed by atoms with Crippen LogP contribution in [0.25, 0.3) is 0 Å². The molecule has 7 heteroatoms. The summed E-state index contributed by atoms with van der Waals surface area (Å²) in [7, 11) is 3.19. The fourth-order valence-electron chi connectivity index (χ4n) is 2.39. The first-order valence-electron chi connectivity index (χ1n) is 8.09. The molecule has 0 aliphatic carbocycles. The molecule has 0 aliphatic rings. The van der Waals surface area contributed by atoms with Crippen molar-refractivity contribution in [3.05, 3.63) is 59.7 Å². The van der Waals surface area contributed by atoms with E-state index in [1.54, 1.807) is 14.2 Å². The summed E-state index contributed by atoms with van der Waals surface area (Å²) in [4.78, 5) is 4.28. The van der Waals surface area contributed by atoms with E-state index in [4.69, 9.17) is 15.2 Å². The monoisotopic (exact) mass is 471 g/mol. The van der Waals surface area contributed by atoms with Gasteiger partial charge in [-0.2, -0.15) is 0 Å². The van der Waals surface area contributed by atoms with Crippen LogP contribution >= 0.6 is 24.0 Å². The maximum atomic E-state index is 10.1. The van der Waals surface area contributed by atoms with Crippen LogP contribution in [0.5, 0.6) is 11.5 Å². The molecule has 142 valence electrons. The molecule has 1 atom stereocenters. The van der Waals surface area contributed by atoms with E-state index in [-0.39, 0.29) is 24.0 Å². The minimum absolute atomic E-state index is 0. The average Bonchev–Trinajstić information content (AvgIpc) is 2.65. The number of hydrogen-bond donors (Lipinski definition) is 3. The van der Waals surface area contributed by atoms with Gasteiger partial charge in [-0.15, -0.1) is 24.0 Å². The number of aliphatic hydroxyl groups excluding tert-OH is 1. The van der Waals surface area contributed by atoms with Crippen LogP contribution in [0.2, 0.25) is 0 Å². The third-order valence-electron chi connectivity index (χ3n) is 3.71. The van der Waals surface area contributed by atoms with Gasteiger partial charge in [-0.25, -0.2) is 4.99 Å². The van der Waals surface area contributed by atoms with Gasteiger partial charge < -0.3 is 25.6 Å². The Balaban J connectivity index is 0.00000338. The van der Waals surface area contributed by atoms with Crippen molar-refractivity contribution < 1.29 is 14.6 Å². The second kappa shape index (κ2) is 11.6. The zero-order valence-electron chi connectivity index (χ0n) is 15.0. The van der Waals surface area contributed by atoms with Gasteiger partial charge in [0.1, 0.15) is 0 Å². The van der Waals surface area contributed by atoms with Gasteiger partial charge in [0.25, 0.3) is 0 Å². The summed E-state index contributed by atoms with van der Waals surface area (Å²) in [6.07, 6.45) is 0.0359. The highest BCUT2D eigenvalue weighted by atomic mass is 127. The van der Waals surface area contributed by atoms with Gasteiger partial charge >= 0.3 is 0 Å². The summed E-state index contributed by atoms with van der Waals surface area (Å²) in [6, 6.07) is 15.4. The van der Waals surface area contributed by atoms with Crippen LogP contribution in [0, 0.1) is 0 Å². The van der Waals surface area contributed by atoms with Crippen molar-refractivity contribution in [1.82, 2.24) is 5.32 Å². The van der Waals surface area contributed by atoms with Gasteiger partial charge in [-0.1, -0.05) is 36.4 Å². The quantitative estimate of drug-likeness (QED) is 0.313. The van der Waals surface area contributed by atoms with Crippen molar-refractivity contribution in [3.8, 4) is 11.5 Å². The molecule has 0 saturated heterocycles. The van der Waals surface area contributed by atoms with Crippen LogP contribution in [0.1, 0.15) is 11.1 Å². The second-order valence-corrected chi connectivity index (χ2v) is 5.62. The molecule has 0 saturated carbocycles. The number of aliphatic imine (C=N–C) groups is 1. The minimum atomic E-state index is -0.530. The Kier molecular flexibility index (Phi) is 9.82. The van der Waals surface area contributed by atoms with Gasteiger partial charge in [-0.3, -0.25) is 0 Å². The number of benzene rings is 2. The highest BCUT2D eigenvalue weighted by Gasteiger charge is 2.06. The number of hydrogen-bond acceptors (Lipinski definition) is 4. The smallest absolute Gasteiger partial charge is 0.189 e. The Morgan fingerprint density at radius 3 is 2.42 bits per heavy atom. The summed E-state index contributed by atoms with van der Waals surface area (Å²) < 4.78 is 10.5. The molecular formula is C19H26IN3O3. The summed E-state index contributed by atoms with van der Waals surface area (Å²) >= 11 is 0. The van der Waals surface area contributed by atoms with Crippen LogP contribution in [0.4, 0.5) is 0 Å². The lowest BCUT2D eigenvalue weighted by Crippen LogP contribution is -2.38. The van der Waals surface area contributed by atoms with Crippen LogP contribution in [0.3, 0.4) is 0 Å². The van der Waals surface area contributed by atoms with E-state index in [1.807, 2.05) is 48.5 Å². The van der Waals surface area contributed by atoms with Crippen molar-refractivity contribution in [3.63, 3.8) is 0 Å². The number of rotatable bonds is 8. The van der Waals surface area contributed by atoms with Crippen molar-refractivity contribution in [1.29, 1.82) is 0 Å². The molecule has 4 N–H and O–H groups in total. The molecule has 26 heavy (non-hydrogen) atoms. The van der Waals surface area contributed by atoms with Gasteiger partial charge in [-0.05, 0) is 23.3 Å². The molecule has 2 aromatic carbocycles. The molecule has 6 nitrogen and oxygen atoms in total. The maximum Gasteiger partial charge on any atom is 0.189 e. The summed E-state index contributed by atoms with van der Waals surface area (Å²) in [6.45, 7) is 0.754. The summed E-state index contributed by atoms with van der Waals surface area (Å²) in [5.74, 6) is 1.62. The second-order valence-electron chi connectivity index (χ2n) is 5.62. The third-order valence-corrected chi connectivity index (χ3v) is 3.71. The van der Waals surface area contributed by atoms with Crippen LogP contribution in [-0.2, 0) is 13.0 Å². The van der Waals surface area contributed by atoms with E-state index in [9.17, 15) is 5.11 Å². The number of guanidine groups is 1.